The first-order valence-electron chi connectivity index (χ1n) is 15.9. The van der Waals surface area contributed by atoms with Crippen LogP contribution in [-0.4, -0.2) is 23.5 Å². The van der Waals surface area contributed by atoms with Crippen molar-refractivity contribution in [3.05, 3.63) is 152 Å². The molecule has 0 unspecified atom stereocenters. The Morgan fingerprint density at radius 3 is 1.85 bits per heavy atom. The zero-order valence-electron chi connectivity index (χ0n) is 25.2. The molecule has 11 rings (SSSR count). The van der Waals surface area contributed by atoms with Gasteiger partial charge in [0, 0.05) is 61.5 Å². The van der Waals surface area contributed by atoms with E-state index in [1.54, 1.807) is 0 Å². The third-order valence-electron chi connectivity index (χ3n) is 9.87. The molecule has 0 saturated heterocycles. The first-order valence-corrected chi connectivity index (χ1v) is 15.9. The van der Waals surface area contributed by atoms with Crippen LogP contribution in [-0.2, 0) is 0 Å². The molecule has 0 N–H and O–H groups in total. The normalized spacial score (nSPS) is 12.3. The van der Waals surface area contributed by atoms with Gasteiger partial charge in [-0.15, -0.1) is 0 Å². The molecular weight excluding hydrogens is 574 g/mol. The molecule has 5 heteroatoms. The summed E-state index contributed by atoms with van der Waals surface area (Å²) in [6.45, 7) is 0. The van der Waals surface area contributed by atoms with Crippen molar-refractivity contribution in [3.63, 3.8) is 0 Å². The van der Waals surface area contributed by atoms with Gasteiger partial charge < -0.3 is 9.13 Å². The van der Waals surface area contributed by atoms with Gasteiger partial charge in [0.25, 0.3) is 0 Å². The fourth-order valence-electron chi connectivity index (χ4n) is 8.02. The number of fused-ring (bicyclic) bond motifs is 16. The lowest BCUT2D eigenvalue weighted by Crippen LogP contribution is -1.97. The van der Waals surface area contributed by atoms with E-state index in [0.717, 1.165) is 49.7 Å². The number of nitrogens with zero attached hydrogens (tertiary/aromatic N) is 5. The molecule has 5 aromatic heterocycles. The van der Waals surface area contributed by atoms with Crippen LogP contribution in [0.25, 0.3) is 93.3 Å². The quantitative estimate of drug-likeness (QED) is 0.186. The van der Waals surface area contributed by atoms with Crippen LogP contribution < -0.4 is 0 Å². The first-order chi connectivity index (χ1) is 23.4. The van der Waals surface area contributed by atoms with E-state index < -0.39 is 0 Å². The number of rotatable bonds is 2. The van der Waals surface area contributed by atoms with Crippen LogP contribution in [0.3, 0.4) is 0 Å². The van der Waals surface area contributed by atoms with Crippen molar-refractivity contribution >= 4 is 82.0 Å². The third kappa shape index (κ3) is 3.17. The molecule has 0 bridgehead atoms. The van der Waals surface area contributed by atoms with Crippen molar-refractivity contribution in [2.45, 2.75) is 0 Å². The third-order valence-corrected chi connectivity index (χ3v) is 9.87. The standard InChI is InChI=1S/C42H25N5/c1-3-11-26(12-4-1)45-34-17-9-7-15-30(34)39-37(45)22-21-29-28-19-20-31-38(40(28)46(41(29)39)27-13-5-2-6-14-27)32-25-43-24-23-35(32)47-36-18-10-8-16-33(36)44-42(31)47/h1-25H. The summed E-state index contributed by atoms with van der Waals surface area (Å²) in [5.74, 6) is 0. The largest absolute Gasteiger partial charge is 0.309 e. The van der Waals surface area contributed by atoms with Crippen LogP contribution in [0.4, 0.5) is 0 Å². The van der Waals surface area contributed by atoms with Gasteiger partial charge in [-0.2, -0.15) is 0 Å². The lowest BCUT2D eigenvalue weighted by Gasteiger charge is -2.13. The molecule has 5 heterocycles. The van der Waals surface area contributed by atoms with E-state index in [1.807, 2.05) is 12.4 Å². The maximum absolute atomic E-state index is 5.21. The second kappa shape index (κ2) is 9.05. The van der Waals surface area contributed by atoms with Gasteiger partial charge in [0.05, 0.1) is 38.6 Å². The zero-order chi connectivity index (χ0) is 30.6. The average Bonchev–Trinajstić information content (AvgIpc) is 3.80. The minimum atomic E-state index is 0.956. The molecule has 0 aliphatic heterocycles. The topological polar surface area (TPSA) is 40.1 Å². The van der Waals surface area contributed by atoms with Crippen LogP contribution in [0.15, 0.2) is 152 Å². The van der Waals surface area contributed by atoms with E-state index >= 15 is 0 Å². The molecule has 6 aromatic carbocycles. The molecular formula is C42H25N5. The second-order valence-corrected chi connectivity index (χ2v) is 12.3. The highest BCUT2D eigenvalue weighted by Gasteiger charge is 2.24. The Hall–Kier alpha value is -6.46. The Balaban J connectivity index is 1.44. The molecule has 47 heavy (non-hydrogen) atoms. The number of imidazole rings is 1. The first kappa shape index (κ1) is 24.8. The molecule has 218 valence electrons. The molecule has 0 atom stereocenters. The smallest absolute Gasteiger partial charge is 0.146 e. The fraction of sp³-hybridized carbons (Fsp3) is 0. The van der Waals surface area contributed by atoms with E-state index in [0.29, 0.717) is 0 Å². The van der Waals surface area contributed by atoms with Crippen LogP contribution in [0, 0.1) is 0 Å². The van der Waals surface area contributed by atoms with Gasteiger partial charge in [-0.3, -0.25) is 9.38 Å². The highest BCUT2D eigenvalue weighted by Crippen LogP contribution is 2.45. The van der Waals surface area contributed by atoms with Crippen molar-refractivity contribution in [2.75, 3.05) is 0 Å². The Bertz CT molecular complexity index is 3060. The summed E-state index contributed by atoms with van der Waals surface area (Å²) in [4.78, 5) is 9.89. The molecule has 0 fully saturated rings. The summed E-state index contributed by atoms with van der Waals surface area (Å²) in [7, 11) is 0. The van der Waals surface area contributed by atoms with Crippen LogP contribution >= 0.6 is 0 Å². The molecule has 0 aliphatic rings. The highest BCUT2D eigenvalue weighted by atomic mass is 15.0. The maximum Gasteiger partial charge on any atom is 0.146 e. The monoisotopic (exact) mass is 599 g/mol. The van der Waals surface area contributed by atoms with Gasteiger partial charge in [0.2, 0.25) is 0 Å². The zero-order valence-corrected chi connectivity index (χ0v) is 25.2. The Morgan fingerprint density at radius 2 is 1.04 bits per heavy atom. The van der Waals surface area contributed by atoms with Crippen molar-refractivity contribution in [2.24, 2.45) is 0 Å². The molecule has 0 radical (unpaired) electrons. The maximum atomic E-state index is 5.21. The highest BCUT2D eigenvalue weighted by molar-refractivity contribution is 6.32. The summed E-state index contributed by atoms with van der Waals surface area (Å²) in [5, 5.41) is 8.28. The molecule has 0 aliphatic carbocycles. The van der Waals surface area contributed by atoms with E-state index in [1.165, 1.54) is 43.6 Å². The van der Waals surface area contributed by atoms with Crippen LogP contribution in [0.5, 0.6) is 0 Å². The predicted molar refractivity (Wildman–Crippen MR) is 194 cm³/mol. The number of aromatic nitrogens is 5. The van der Waals surface area contributed by atoms with Gasteiger partial charge in [-0.05, 0) is 60.7 Å². The number of pyridine rings is 2. The van der Waals surface area contributed by atoms with E-state index in [2.05, 4.69) is 158 Å². The van der Waals surface area contributed by atoms with E-state index in [4.69, 9.17) is 4.98 Å². The summed E-state index contributed by atoms with van der Waals surface area (Å²) < 4.78 is 7.18. The predicted octanol–water partition coefficient (Wildman–Crippen LogP) is 10.4. The number of benzene rings is 6. The average molecular weight is 600 g/mol. The lowest BCUT2D eigenvalue weighted by molar-refractivity contribution is 1.18. The number of hydrogen-bond acceptors (Lipinski definition) is 2. The summed E-state index contributed by atoms with van der Waals surface area (Å²) >= 11 is 0. The van der Waals surface area contributed by atoms with Gasteiger partial charge >= 0.3 is 0 Å². The summed E-state index contributed by atoms with van der Waals surface area (Å²) in [6, 6.07) is 49.9. The van der Waals surface area contributed by atoms with Gasteiger partial charge in [-0.25, -0.2) is 4.98 Å². The number of hydrogen-bond donors (Lipinski definition) is 0. The molecule has 0 amide bonds. The summed E-state index contributed by atoms with van der Waals surface area (Å²) in [6.07, 6.45) is 3.91. The second-order valence-electron chi connectivity index (χ2n) is 12.3. The minimum Gasteiger partial charge on any atom is -0.309 e. The fourth-order valence-corrected chi connectivity index (χ4v) is 8.02. The lowest BCUT2D eigenvalue weighted by atomic mass is 10.0. The Morgan fingerprint density at radius 1 is 0.404 bits per heavy atom. The summed E-state index contributed by atoms with van der Waals surface area (Å²) in [5.41, 5.74) is 11.1. The molecule has 0 spiro atoms. The van der Waals surface area contributed by atoms with Crippen molar-refractivity contribution < 1.29 is 0 Å². The van der Waals surface area contributed by atoms with Gasteiger partial charge in [-0.1, -0.05) is 78.9 Å². The molecule has 5 nitrogen and oxygen atoms in total. The minimum absolute atomic E-state index is 0.956. The van der Waals surface area contributed by atoms with Crippen molar-refractivity contribution in [1.82, 2.24) is 23.5 Å². The van der Waals surface area contributed by atoms with Gasteiger partial charge in [0.1, 0.15) is 5.65 Å². The van der Waals surface area contributed by atoms with Crippen molar-refractivity contribution in [1.29, 1.82) is 0 Å². The molecule has 11 aromatic rings. The number of para-hydroxylation sites is 5. The van der Waals surface area contributed by atoms with E-state index in [-0.39, 0.29) is 0 Å². The Kier molecular flexibility index (Phi) is 4.78. The molecule has 0 saturated carbocycles. The Labute approximate surface area is 268 Å². The van der Waals surface area contributed by atoms with Crippen LogP contribution in [0.2, 0.25) is 0 Å². The van der Waals surface area contributed by atoms with E-state index in [9.17, 15) is 0 Å². The van der Waals surface area contributed by atoms with Crippen LogP contribution in [0.1, 0.15) is 0 Å². The van der Waals surface area contributed by atoms with Gasteiger partial charge in [0.15, 0.2) is 0 Å². The SMILES string of the molecule is c1ccc(-n2c3ccccc3c3c2ccc2c4ccc5c(c6cnccc6n6c7ccccc7nc56)c4n(-c4ccccc4)c23)cc1. The van der Waals surface area contributed by atoms with Crippen molar-refractivity contribution in [3.8, 4) is 11.4 Å².